The van der Waals surface area contributed by atoms with Gasteiger partial charge in [0.05, 0.1) is 6.16 Å². The van der Waals surface area contributed by atoms with E-state index in [1.54, 1.807) is 0 Å². The molecule has 4 nitrogen and oxygen atoms in total. The highest BCUT2D eigenvalue weighted by atomic mass is 31.2. The summed E-state index contributed by atoms with van der Waals surface area (Å²) in [4.78, 5) is 17.9. The zero-order valence-corrected chi connectivity index (χ0v) is 23.0. The van der Waals surface area contributed by atoms with E-state index in [0.29, 0.717) is 0 Å². The maximum Gasteiger partial charge on any atom is 0.300 e. The summed E-state index contributed by atoms with van der Waals surface area (Å²) in [7, 11) is -1.83. The van der Waals surface area contributed by atoms with Crippen molar-refractivity contribution in [3.8, 4) is 0 Å². The lowest BCUT2D eigenvalue weighted by Gasteiger charge is -2.28. The lowest BCUT2D eigenvalue weighted by Crippen LogP contribution is -2.32. The molecule has 4 aromatic carbocycles. The van der Waals surface area contributed by atoms with Crippen LogP contribution in [0, 0.1) is 20.8 Å². The summed E-state index contributed by atoms with van der Waals surface area (Å²) in [6.45, 7) is 8.55. The SMILES string of the molecule is CC(=O)O.CC(=O)[O-].Cc1ccc([P+](Cc2ccccc2)(c2ccc(C)cc2)c2ccc(C)cc2)cc1. The van der Waals surface area contributed by atoms with Crippen LogP contribution in [0.4, 0.5) is 0 Å². The first-order chi connectivity index (χ1) is 17.5. The number of benzene rings is 4. The number of carboxylic acid groups (broad SMARTS) is 2. The van der Waals surface area contributed by atoms with Crippen LogP contribution < -0.4 is 21.0 Å². The van der Waals surface area contributed by atoms with Gasteiger partial charge in [0.25, 0.3) is 5.97 Å². The van der Waals surface area contributed by atoms with E-state index in [1.165, 1.54) is 38.2 Å². The van der Waals surface area contributed by atoms with Gasteiger partial charge >= 0.3 is 0 Å². The fourth-order valence-corrected chi connectivity index (χ4v) is 8.15. The van der Waals surface area contributed by atoms with E-state index in [2.05, 4.69) is 124 Å². The van der Waals surface area contributed by atoms with Crippen molar-refractivity contribution in [3.05, 3.63) is 125 Å². The average molecular weight is 515 g/mol. The zero-order chi connectivity index (χ0) is 27.4. The van der Waals surface area contributed by atoms with Crippen molar-refractivity contribution in [2.45, 2.75) is 40.8 Å². The minimum atomic E-state index is -1.83. The fraction of sp³-hybridized carbons (Fsp3) is 0.188. The minimum Gasteiger partial charge on any atom is -0.550 e. The summed E-state index contributed by atoms with van der Waals surface area (Å²) in [5.41, 5.74) is 5.31. The van der Waals surface area contributed by atoms with Gasteiger partial charge in [-0.15, -0.1) is 0 Å². The van der Waals surface area contributed by atoms with Gasteiger partial charge in [0.2, 0.25) is 0 Å². The smallest absolute Gasteiger partial charge is 0.300 e. The third-order valence-corrected chi connectivity index (χ3v) is 10.1. The van der Waals surface area contributed by atoms with Gasteiger partial charge in [-0.1, -0.05) is 83.4 Å². The number of aryl methyl sites for hydroxylation is 3. The molecule has 0 saturated carbocycles. The van der Waals surface area contributed by atoms with Gasteiger partial charge in [-0.25, -0.2) is 0 Å². The highest BCUT2D eigenvalue weighted by Gasteiger charge is 2.45. The average Bonchev–Trinajstić information content (AvgIpc) is 2.84. The molecule has 0 saturated heterocycles. The zero-order valence-electron chi connectivity index (χ0n) is 22.1. The van der Waals surface area contributed by atoms with Crippen molar-refractivity contribution < 1.29 is 19.8 Å². The lowest BCUT2D eigenvalue weighted by molar-refractivity contribution is -0.302. The highest BCUT2D eigenvalue weighted by Crippen LogP contribution is 2.58. The Bertz CT molecular complexity index is 1130. The Hall–Kier alpha value is -3.75. The number of carboxylic acids is 2. The first-order valence-electron chi connectivity index (χ1n) is 12.1. The maximum absolute atomic E-state index is 9.00. The van der Waals surface area contributed by atoms with E-state index < -0.39 is 19.2 Å². The molecule has 0 heterocycles. The predicted molar refractivity (Wildman–Crippen MR) is 153 cm³/mol. The van der Waals surface area contributed by atoms with Crippen LogP contribution in [0.25, 0.3) is 0 Å². The quantitative estimate of drug-likeness (QED) is 0.382. The number of rotatable bonds is 5. The molecule has 4 rings (SSSR count). The van der Waals surface area contributed by atoms with Crippen LogP contribution in [0.2, 0.25) is 0 Å². The lowest BCUT2D eigenvalue weighted by atomic mass is 10.2. The molecule has 0 aliphatic carbocycles. The minimum absolute atomic E-state index is 0.833. The Balaban J connectivity index is 0.000000530. The van der Waals surface area contributed by atoms with E-state index in [1.807, 2.05) is 0 Å². The first kappa shape index (κ1) is 29.5. The summed E-state index contributed by atoms with van der Waals surface area (Å²) in [6.07, 6.45) is 1.03. The van der Waals surface area contributed by atoms with Crippen LogP contribution in [0.5, 0.6) is 0 Å². The Morgan fingerprint density at radius 1 is 0.622 bits per heavy atom. The van der Waals surface area contributed by atoms with Crippen LogP contribution in [0.3, 0.4) is 0 Å². The van der Waals surface area contributed by atoms with E-state index in [9.17, 15) is 0 Å². The Morgan fingerprint density at radius 2 is 0.892 bits per heavy atom. The largest absolute Gasteiger partial charge is 0.550 e. The van der Waals surface area contributed by atoms with Crippen molar-refractivity contribution in [3.63, 3.8) is 0 Å². The van der Waals surface area contributed by atoms with Crippen molar-refractivity contribution in [1.29, 1.82) is 0 Å². The van der Waals surface area contributed by atoms with Crippen LogP contribution in [-0.2, 0) is 15.8 Å². The van der Waals surface area contributed by atoms with Gasteiger partial charge in [0.1, 0.15) is 23.2 Å². The second kappa shape index (κ2) is 14.1. The predicted octanol–water partition coefficient (Wildman–Crippen LogP) is 4.95. The third kappa shape index (κ3) is 9.00. The molecule has 0 atom stereocenters. The Kier molecular flexibility index (Phi) is 11.2. The van der Waals surface area contributed by atoms with Crippen LogP contribution >= 0.6 is 7.26 Å². The topological polar surface area (TPSA) is 77.4 Å². The van der Waals surface area contributed by atoms with Gasteiger partial charge in [0, 0.05) is 12.9 Å². The normalized spacial score (nSPS) is 10.3. The van der Waals surface area contributed by atoms with Gasteiger partial charge in [-0.05, 0) is 69.7 Å². The standard InChI is InChI=1S/C28H28P.2C2H4O2/c1-22-9-15-26(16-10-22)29(21-25-7-5-4-6-8-25,27-17-11-23(2)12-18-27)28-19-13-24(3)14-20-28;2*1-2(3)4/h4-20H,21H2,1-3H3;2*1H3,(H,3,4)/q+1;;/p-1. The second-order valence-electron chi connectivity index (χ2n) is 8.97. The molecule has 0 aliphatic heterocycles. The molecule has 5 heteroatoms. The van der Waals surface area contributed by atoms with Crippen molar-refractivity contribution in [2.75, 3.05) is 0 Å². The van der Waals surface area contributed by atoms with Gasteiger partial charge < -0.3 is 15.0 Å². The number of carbonyl (C=O) groups excluding carboxylic acids is 1. The molecule has 1 N–H and O–H groups in total. The van der Waals surface area contributed by atoms with E-state index in [-0.39, 0.29) is 0 Å². The number of hydrogen-bond donors (Lipinski definition) is 1. The molecule has 0 unspecified atom stereocenters. The van der Waals surface area contributed by atoms with Gasteiger partial charge in [-0.3, -0.25) is 4.79 Å². The molecule has 0 aliphatic rings. The van der Waals surface area contributed by atoms with Crippen molar-refractivity contribution in [1.82, 2.24) is 0 Å². The molecule has 0 radical (unpaired) electrons. The van der Waals surface area contributed by atoms with E-state index >= 15 is 0 Å². The van der Waals surface area contributed by atoms with E-state index in [4.69, 9.17) is 19.8 Å². The second-order valence-corrected chi connectivity index (χ2v) is 12.5. The van der Waals surface area contributed by atoms with Crippen LogP contribution in [0.1, 0.15) is 36.1 Å². The van der Waals surface area contributed by atoms with Gasteiger partial charge in [-0.2, -0.15) is 0 Å². The molecule has 0 spiro atoms. The number of aliphatic carboxylic acids is 2. The molecular formula is C32H35O4P. The van der Waals surface area contributed by atoms with Gasteiger partial charge in [0.15, 0.2) is 0 Å². The van der Waals surface area contributed by atoms with Crippen molar-refractivity contribution >= 4 is 35.1 Å². The molecule has 0 fully saturated rings. The summed E-state index contributed by atoms with van der Waals surface area (Å²) in [6, 6.07) is 38.6. The summed E-state index contributed by atoms with van der Waals surface area (Å²) in [5, 5.41) is 20.6. The van der Waals surface area contributed by atoms with Crippen LogP contribution in [0.15, 0.2) is 103 Å². The summed E-state index contributed by atoms with van der Waals surface area (Å²) >= 11 is 0. The molecule has 0 bridgehead atoms. The Labute approximate surface area is 221 Å². The third-order valence-electron chi connectivity index (χ3n) is 5.69. The highest BCUT2D eigenvalue weighted by molar-refractivity contribution is 7.95. The molecule has 0 amide bonds. The monoisotopic (exact) mass is 514 g/mol. The summed E-state index contributed by atoms with van der Waals surface area (Å²) in [5.74, 6) is -1.92. The molecule has 37 heavy (non-hydrogen) atoms. The molecular weight excluding hydrogens is 479 g/mol. The van der Waals surface area contributed by atoms with E-state index in [0.717, 1.165) is 20.0 Å². The number of hydrogen-bond acceptors (Lipinski definition) is 3. The molecule has 192 valence electrons. The maximum atomic E-state index is 9.00. The Morgan fingerprint density at radius 3 is 1.16 bits per heavy atom. The summed E-state index contributed by atoms with van der Waals surface area (Å²) < 4.78 is 0. The molecule has 0 aromatic heterocycles. The first-order valence-corrected chi connectivity index (χ1v) is 14.0. The fourth-order valence-electron chi connectivity index (χ4n) is 3.98. The van der Waals surface area contributed by atoms with Crippen molar-refractivity contribution in [2.24, 2.45) is 0 Å². The van der Waals surface area contributed by atoms with Crippen LogP contribution in [-0.4, -0.2) is 17.0 Å². The number of carbonyl (C=O) groups is 2. The molecule has 4 aromatic rings.